The Bertz CT molecular complexity index is 696. The summed E-state index contributed by atoms with van der Waals surface area (Å²) < 4.78 is 7.60. The molecule has 1 aliphatic rings. The van der Waals surface area contributed by atoms with E-state index >= 15 is 0 Å². The first-order valence-corrected chi connectivity index (χ1v) is 10.1. The molecule has 0 saturated carbocycles. The first kappa shape index (κ1) is 19.5. The van der Waals surface area contributed by atoms with Crippen LogP contribution in [-0.2, 0) is 13.6 Å². The Balaban J connectivity index is 1.29. The van der Waals surface area contributed by atoms with Gasteiger partial charge in [0.25, 0.3) is 0 Å². The number of unbranched alkanes of at least 4 members (excludes halogenated alkanes) is 2. The normalized spacial score (nSPS) is 15.0. The number of nitrogens with two attached hydrogens (primary N) is 1. The molecular formula is C20H32N6O. The number of ether oxygens (including phenoxy) is 1. The van der Waals surface area contributed by atoms with Crippen LogP contribution in [0.1, 0.15) is 44.1 Å². The number of aryl methyl sites for hydroxylation is 1. The van der Waals surface area contributed by atoms with E-state index < -0.39 is 0 Å². The number of aromatic nitrogens is 3. The highest BCUT2D eigenvalue weighted by Gasteiger charge is 2.10. The van der Waals surface area contributed by atoms with Gasteiger partial charge >= 0.3 is 0 Å². The van der Waals surface area contributed by atoms with Crippen molar-refractivity contribution in [3.8, 4) is 5.75 Å². The number of hydrogen-bond acceptors (Lipinski definition) is 6. The summed E-state index contributed by atoms with van der Waals surface area (Å²) in [6.45, 7) is 5.09. The Labute approximate surface area is 161 Å². The maximum atomic E-state index is 5.94. The number of nitrogen functional groups attached to an aromatic ring is 1. The molecule has 2 heterocycles. The molecular weight excluding hydrogens is 340 g/mol. The van der Waals surface area contributed by atoms with Gasteiger partial charge in [-0.1, -0.05) is 18.6 Å². The van der Waals surface area contributed by atoms with E-state index in [1.165, 1.54) is 37.9 Å². The SMILES string of the molecule is Cn1nc(N)nc1NCCCCCOc1cccc(CN2CCCCC2)c1. The molecule has 3 rings (SSSR count). The third-order valence-electron chi connectivity index (χ3n) is 4.91. The first-order valence-electron chi connectivity index (χ1n) is 10.1. The van der Waals surface area contributed by atoms with Crippen molar-refractivity contribution in [2.24, 2.45) is 7.05 Å². The Morgan fingerprint density at radius 3 is 2.78 bits per heavy atom. The summed E-state index contributed by atoms with van der Waals surface area (Å²) in [4.78, 5) is 6.67. The van der Waals surface area contributed by atoms with E-state index in [4.69, 9.17) is 10.5 Å². The van der Waals surface area contributed by atoms with Gasteiger partial charge in [-0.3, -0.25) is 4.90 Å². The molecule has 27 heavy (non-hydrogen) atoms. The van der Waals surface area contributed by atoms with Gasteiger partial charge in [-0.25, -0.2) is 4.68 Å². The first-order chi connectivity index (χ1) is 13.2. The fourth-order valence-corrected chi connectivity index (χ4v) is 3.46. The van der Waals surface area contributed by atoms with Crippen molar-refractivity contribution < 1.29 is 4.74 Å². The largest absolute Gasteiger partial charge is 0.494 e. The standard InChI is InChI=1S/C20H32N6O/c1-25-20(23-19(21)24-25)22-11-4-2-7-14-27-18-10-8-9-17(15-18)16-26-12-5-3-6-13-26/h8-10,15H,2-7,11-14,16H2,1H3,(H3,21,22,23,24). The molecule has 3 N–H and O–H groups in total. The maximum Gasteiger partial charge on any atom is 0.241 e. The second-order valence-electron chi connectivity index (χ2n) is 7.24. The molecule has 0 bridgehead atoms. The summed E-state index contributed by atoms with van der Waals surface area (Å²) in [6.07, 6.45) is 7.24. The van der Waals surface area contributed by atoms with Gasteiger partial charge in [0.15, 0.2) is 0 Å². The van der Waals surface area contributed by atoms with Gasteiger partial charge in [0.05, 0.1) is 6.61 Å². The quantitative estimate of drug-likeness (QED) is 0.624. The number of likely N-dealkylation sites (tertiary alicyclic amines) is 1. The molecule has 0 spiro atoms. The van der Waals surface area contributed by atoms with E-state index in [9.17, 15) is 0 Å². The van der Waals surface area contributed by atoms with Gasteiger partial charge in [-0.15, -0.1) is 5.10 Å². The molecule has 0 radical (unpaired) electrons. The van der Waals surface area contributed by atoms with Crippen LogP contribution in [0.4, 0.5) is 11.9 Å². The lowest BCUT2D eigenvalue weighted by Gasteiger charge is -2.26. The van der Waals surface area contributed by atoms with Crippen LogP contribution in [-0.4, -0.2) is 45.9 Å². The number of piperidine rings is 1. The Hall–Kier alpha value is -2.28. The zero-order valence-corrected chi connectivity index (χ0v) is 16.4. The molecule has 1 fully saturated rings. The van der Waals surface area contributed by atoms with E-state index in [0.717, 1.165) is 44.7 Å². The van der Waals surface area contributed by atoms with E-state index in [2.05, 4.69) is 44.6 Å². The van der Waals surface area contributed by atoms with Gasteiger partial charge in [0.2, 0.25) is 11.9 Å². The summed E-state index contributed by atoms with van der Waals surface area (Å²) in [5.74, 6) is 2.00. The number of hydrogen-bond donors (Lipinski definition) is 2. The number of nitrogens with zero attached hydrogens (tertiary/aromatic N) is 4. The topological polar surface area (TPSA) is 81.2 Å². The highest BCUT2D eigenvalue weighted by atomic mass is 16.5. The van der Waals surface area contributed by atoms with Crippen LogP contribution < -0.4 is 15.8 Å². The van der Waals surface area contributed by atoms with E-state index in [-0.39, 0.29) is 0 Å². The zero-order chi connectivity index (χ0) is 18.9. The van der Waals surface area contributed by atoms with Gasteiger partial charge < -0.3 is 15.8 Å². The zero-order valence-electron chi connectivity index (χ0n) is 16.4. The fraction of sp³-hybridized carbons (Fsp3) is 0.600. The van der Waals surface area contributed by atoms with Crippen molar-refractivity contribution in [1.82, 2.24) is 19.7 Å². The molecule has 1 aromatic heterocycles. The fourth-order valence-electron chi connectivity index (χ4n) is 3.46. The summed E-state index contributed by atoms with van der Waals surface area (Å²) in [7, 11) is 1.83. The smallest absolute Gasteiger partial charge is 0.241 e. The van der Waals surface area contributed by atoms with Crippen LogP contribution in [0, 0.1) is 0 Å². The van der Waals surface area contributed by atoms with E-state index in [1.807, 2.05) is 7.05 Å². The minimum absolute atomic E-state index is 0.302. The molecule has 148 valence electrons. The second kappa shape index (κ2) is 10.2. The third-order valence-corrected chi connectivity index (χ3v) is 4.91. The van der Waals surface area contributed by atoms with Crippen LogP contribution in [0.2, 0.25) is 0 Å². The second-order valence-corrected chi connectivity index (χ2v) is 7.24. The minimum atomic E-state index is 0.302. The predicted molar refractivity (Wildman–Crippen MR) is 109 cm³/mol. The van der Waals surface area contributed by atoms with Crippen molar-refractivity contribution in [3.63, 3.8) is 0 Å². The molecule has 1 aromatic carbocycles. The molecule has 2 aromatic rings. The van der Waals surface area contributed by atoms with Crippen molar-refractivity contribution in [2.75, 3.05) is 37.3 Å². The molecule has 0 unspecified atom stereocenters. The molecule has 0 atom stereocenters. The van der Waals surface area contributed by atoms with Crippen molar-refractivity contribution in [2.45, 2.75) is 45.1 Å². The number of anilines is 2. The molecule has 0 amide bonds. The third kappa shape index (κ3) is 6.43. The Kier molecular flexibility index (Phi) is 7.33. The lowest BCUT2D eigenvalue weighted by molar-refractivity contribution is 0.220. The van der Waals surface area contributed by atoms with Crippen molar-refractivity contribution in [1.29, 1.82) is 0 Å². The molecule has 7 heteroatoms. The Morgan fingerprint density at radius 1 is 1.15 bits per heavy atom. The van der Waals surface area contributed by atoms with Gasteiger partial charge in [-0.05, 0) is 62.9 Å². The average molecular weight is 373 g/mol. The van der Waals surface area contributed by atoms with Gasteiger partial charge in [0, 0.05) is 20.1 Å². The van der Waals surface area contributed by atoms with Crippen LogP contribution in [0.25, 0.3) is 0 Å². The van der Waals surface area contributed by atoms with Gasteiger partial charge in [-0.2, -0.15) is 4.98 Å². The number of benzene rings is 1. The summed E-state index contributed by atoms with van der Waals surface area (Å²) in [5, 5.41) is 7.27. The molecule has 0 aliphatic carbocycles. The highest BCUT2D eigenvalue weighted by molar-refractivity contribution is 5.31. The van der Waals surface area contributed by atoms with Crippen LogP contribution in [0.3, 0.4) is 0 Å². The van der Waals surface area contributed by atoms with Crippen molar-refractivity contribution in [3.05, 3.63) is 29.8 Å². The molecule has 1 saturated heterocycles. The molecule has 1 aliphatic heterocycles. The average Bonchev–Trinajstić information content (AvgIpc) is 2.99. The summed E-state index contributed by atoms with van der Waals surface area (Å²) in [6, 6.07) is 8.55. The predicted octanol–water partition coefficient (Wildman–Crippen LogP) is 3.04. The van der Waals surface area contributed by atoms with E-state index in [1.54, 1.807) is 4.68 Å². The summed E-state index contributed by atoms with van der Waals surface area (Å²) >= 11 is 0. The maximum absolute atomic E-state index is 5.94. The van der Waals surface area contributed by atoms with Crippen LogP contribution in [0.15, 0.2) is 24.3 Å². The van der Waals surface area contributed by atoms with Crippen LogP contribution in [0.5, 0.6) is 5.75 Å². The van der Waals surface area contributed by atoms with Crippen molar-refractivity contribution >= 4 is 11.9 Å². The lowest BCUT2D eigenvalue weighted by Crippen LogP contribution is -2.29. The minimum Gasteiger partial charge on any atom is -0.494 e. The number of nitrogens with one attached hydrogen (secondary N) is 1. The highest BCUT2D eigenvalue weighted by Crippen LogP contribution is 2.18. The molecule has 7 nitrogen and oxygen atoms in total. The van der Waals surface area contributed by atoms with Gasteiger partial charge in [0.1, 0.15) is 5.75 Å². The monoisotopic (exact) mass is 372 g/mol. The Morgan fingerprint density at radius 2 is 2.00 bits per heavy atom. The lowest BCUT2D eigenvalue weighted by atomic mass is 10.1. The van der Waals surface area contributed by atoms with Crippen LogP contribution >= 0.6 is 0 Å². The van der Waals surface area contributed by atoms with E-state index in [0.29, 0.717) is 11.9 Å². The number of rotatable bonds is 10. The summed E-state index contributed by atoms with van der Waals surface area (Å²) in [5.41, 5.74) is 6.91.